The number of methoxy groups -OCH3 is 3. The Bertz CT molecular complexity index is 531. The molecule has 0 fully saturated rings. The first kappa shape index (κ1) is 17.6. The average Bonchev–Trinajstić information content (AvgIpc) is 2.51. The van der Waals surface area contributed by atoms with Gasteiger partial charge in [-0.15, -0.1) is 0 Å². The van der Waals surface area contributed by atoms with Crippen LogP contribution in [0.25, 0.3) is 0 Å². The van der Waals surface area contributed by atoms with Crippen molar-refractivity contribution in [2.24, 2.45) is 5.92 Å². The van der Waals surface area contributed by atoms with Crippen molar-refractivity contribution >= 4 is 17.7 Å². The fraction of sp³-hybridized carbons (Fsp3) is 0.467. The van der Waals surface area contributed by atoms with Crippen molar-refractivity contribution in [3.63, 3.8) is 0 Å². The highest BCUT2D eigenvalue weighted by Crippen LogP contribution is 2.29. The molecule has 1 atom stereocenters. The summed E-state index contributed by atoms with van der Waals surface area (Å²) in [6.45, 7) is 3.64. The number of ether oxygens (including phenoxy) is 3. The monoisotopic (exact) mass is 310 g/mol. The Balaban J connectivity index is 2.77. The van der Waals surface area contributed by atoms with Gasteiger partial charge in [-0.3, -0.25) is 0 Å². The number of esters is 1. The van der Waals surface area contributed by atoms with Crippen LogP contribution in [0.15, 0.2) is 18.2 Å². The summed E-state index contributed by atoms with van der Waals surface area (Å²) in [5, 5.41) is 5.22. The Kier molecular flexibility index (Phi) is 6.49. The van der Waals surface area contributed by atoms with Crippen LogP contribution in [0, 0.1) is 5.92 Å². The summed E-state index contributed by atoms with van der Waals surface area (Å²) in [6, 6.07) is 3.75. The van der Waals surface area contributed by atoms with Crippen molar-refractivity contribution in [3.05, 3.63) is 18.2 Å². The van der Waals surface area contributed by atoms with E-state index in [1.807, 2.05) is 13.8 Å². The topological polar surface area (TPSA) is 85.9 Å². The molecule has 1 unspecified atom stereocenters. The van der Waals surface area contributed by atoms with E-state index in [9.17, 15) is 9.59 Å². The second-order valence-electron chi connectivity index (χ2n) is 4.91. The van der Waals surface area contributed by atoms with E-state index in [1.165, 1.54) is 21.3 Å². The summed E-state index contributed by atoms with van der Waals surface area (Å²) in [5.74, 6) is 0.470. The van der Waals surface area contributed by atoms with Crippen molar-refractivity contribution in [1.82, 2.24) is 5.32 Å². The summed E-state index contributed by atoms with van der Waals surface area (Å²) in [4.78, 5) is 23.6. The molecule has 2 amide bonds. The second kappa shape index (κ2) is 8.11. The molecule has 0 heterocycles. The molecule has 0 radical (unpaired) electrons. The number of anilines is 1. The number of benzene rings is 1. The van der Waals surface area contributed by atoms with Crippen LogP contribution in [0.3, 0.4) is 0 Å². The van der Waals surface area contributed by atoms with E-state index in [-0.39, 0.29) is 5.92 Å². The Hall–Kier alpha value is -2.44. The minimum atomic E-state index is -0.717. The van der Waals surface area contributed by atoms with Crippen LogP contribution in [0.2, 0.25) is 0 Å². The fourth-order valence-corrected chi connectivity index (χ4v) is 1.85. The van der Waals surface area contributed by atoms with Gasteiger partial charge in [0.25, 0.3) is 0 Å². The summed E-state index contributed by atoms with van der Waals surface area (Å²) < 4.78 is 15.0. The molecule has 0 saturated carbocycles. The minimum absolute atomic E-state index is 0.0939. The zero-order chi connectivity index (χ0) is 16.7. The van der Waals surface area contributed by atoms with Gasteiger partial charge in [-0.05, 0) is 18.1 Å². The minimum Gasteiger partial charge on any atom is -0.493 e. The number of nitrogens with one attached hydrogen (secondary N) is 2. The van der Waals surface area contributed by atoms with Gasteiger partial charge < -0.3 is 24.8 Å². The van der Waals surface area contributed by atoms with Crippen molar-refractivity contribution in [2.75, 3.05) is 26.6 Å². The van der Waals surface area contributed by atoms with Crippen LogP contribution in [0.5, 0.6) is 11.5 Å². The first-order chi connectivity index (χ1) is 10.4. The lowest BCUT2D eigenvalue weighted by Gasteiger charge is -2.20. The van der Waals surface area contributed by atoms with Crippen LogP contribution >= 0.6 is 0 Å². The van der Waals surface area contributed by atoms with Gasteiger partial charge in [0, 0.05) is 11.8 Å². The lowest BCUT2D eigenvalue weighted by atomic mass is 10.1. The highest BCUT2D eigenvalue weighted by atomic mass is 16.5. The van der Waals surface area contributed by atoms with Gasteiger partial charge in [-0.1, -0.05) is 13.8 Å². The molecular formula is C15H22N2O5. The largest absolute Gasteiger partial charge is 0.493 e. The van der Waals surface area contributed by atoms with E-state index in [4.69, 9.17) is 9.47 Å². The highest BCUT2D eigenvalue weighted by molar-refractivity contribution is 5.92. The lowest BCUT2D eigenvalue weighted by Crippen LogP contribution is -2.46. The van der Waals surface area contributed by atoms with Gasteiger partial charge in [-0.25, -0.2) is 9.59 Å². The molecule has 0 aromatic heterocycles. The maximum Gasteiger partial charge on any atom is 0.328 e. The maximum absolute atomic E-state index is 12.0. The quantitative estimate of drug-likeness (QED) is 0.785. The molecule has 7 nitrogen and oxygen atoms in total. The van der Waals surface area contributed by atoms with Crippen molar-refractivity contribution in [1.29, 1.82) is 0 Å². The number of hydrogen-bond donors (Lipinski definition) is 2. The van der Waals surface area contributed by atoms with E-state index >= 15 is 0 Å². The van der Waals surface area contributed by atoms with Crippen molar-refractivity contribution in [3.8, 4) is 11.5 Å². The Morgan fingerprint density at radius 1 is 1.05 bits per heavy atom. The average molecular weight is 310 g/mol. The Morgan fingerprint density at radius 2 is 1.68 bits per heavy atom. The van der Waals surface area contributed by atoms with Gasteiger partial charge in [0.05, 0.1) is 21.3 Å². The molecule has 1 aromatic carbocycles. The standard InChI is InChI=1S/C15H22N2O5/c1-9(2)13(14(18)22-5)17-15(19)16-10-6-7-11(20-3)12(8-10)21-4/h6-9,13H,1-5H3,(H2,16,17,19). The van der Waals surface area contributed by atoms with Crippen LogP contribution in [0.1, 0.15) is 13.8 Å². The third-order valence-electron chi connectivity index (χ3n) is 3.05. The van der Waals surface area contributed by atoms with E-state index in [0.29, 0.717) is 17.2 Å². The highest BCUT2D eigenvalue weighted by Gasteiger charge is 2.24. The Labute approximate surface area is 129 Å². The van der Waals surface area contributed by atoms with E-state index < -0.39 is 18.0 Å². The molecule has 22 heavy (non-hydrogen) atoms. The lowest BCUT2D eigenvalue weighted by molar-refractivity contribution is -0.143. The number of carbonyl (C=O) groups is 2. The van der Waals surface area contributed by atoms with Gasteiger partial charge in [0.2, 0.25) is 0 Å². The zero-order valence-corrected chi connectivity index (χ0v) is 13.4. The van der Waals surface area contributed by atoms with Crippen LogP contribution < -0.4 is 20.1 Å². The molecule has 0 bridgehead atoms. The number of carbonyl (C=O) groups excluding carboxylic acids is 2. The molecule has 1 rings (SSSR count). The smallest absolute Gasteiger partial charge is 0.328 e. The number of urea groups is 1. The van der Waals surface area contributed by atoms with Crippen molar-refractivity contribution < 1.29 is 23.8 Å². The summed E-state index contributed by atoms with van der Waals surface area (Å²) >= 11 is 0. The summed E-state index contributed by atoms with van der Waals surface area (Å²) in [5.41, 5.74) is 0.516. The van der Waals surface area contributed by atoms with Crippen molar-refractivity contribution in [2.45, 2.75) is 19.9 Å². The number of amides is 2. The van der Waals surface area contributed by atoms with E-state index in [2.05, 4.69) is 15.4 Å². The normalized spacial score (nSPS) is 11.5. The van der Waals surface area contributed by atoms with Gasteiger partial charge in [0.15, 0.2) is 11.5 Å². The first-order valence-electron chi connectivity index (χ1n) is 6.80. The first-order valence-corrected chi connectivity index (χ1v) is 6.80. The molecule has 0 aliphatic rings. The molecule has 1 aromatic rings. The molecule has 0 saturated heterocycles. The Morgan fingerprint density at radius 3 is 2.18 bits per heavy atom. The predicted octanol–water partition coefficient (Wildman–Crippen LogP) is 2.02. The third-order valence-corrected chi connectivity index (χ3v) is 3.05. The van der Waals surface area contributed by atoms with Gasteiger partial charge >= 0.3 is 12.0 Å². The third kappa shape index (κ3) is 4.54. The molecule has 7 heteroatoms. The summed E-state index contributed by atoms with van der Waals surface area (Å²) in [6.07, 6.45) is 0. The van der Waals surface area contributed by atoms with E-state index in [1.54, 1.807) is 18.2 Å². The van der Waals surface area contributed by atoms with E-state index in [0.717, 1.165) is 0 Å². The molecule has 2 N–H and O–H groups in total. The molecule has 0 aliphatic heterocycles. The second-order valence-corrected chi connectivity index (χ2v) is 4.91. The molecular weight excluding hydrogens is 288 g/mol. The van der Waals surface area contributed by atoms with Gasteiger partial charge in [-0.2, -0.15) is 0 Å². The van der Waals surface area contributed by atoms with Crippen LogP contribution in [0.4, 0.5) is 10.5 Å². The van der Waals surface area contributed by atoms with Crippen LogP contribution in [-0.2, 0) is 9.53 Å². The molecule has 0 spiro atoms. The molecule has 122 valence electrons. The van der Waals surface area contributed by atoms with Gasteiger partial charge in [0.1, 0.15) is 6.04 Å². The maximum atomic E-state index is 12.0. The SMILES string of the molecule is COC(=O)C(NC(=O)Nc1ccc(OC)c(OC)c1)C(C)C. The number of hydrogen-bond acceptors (Lipinski definition) is 5. The van der Waals surface area contributed by atoms with Crippen LogP contribution in [-0.4, -0.2) is 39.4 Å². The molecule has 0 aliphatic carbocycles. The summed E-state index contributed by atoms with van der Waals surface area (Å²) in [7, 11) is 4.32. The zero-order valence-electron chi connectivity index (χ0n) is 13.4. The predicted molar refractivity (Wildman–Crippen MR) is 82.3 cm³/mol. The fourth-order valence-electron chi connectivity index (χ4n) is 1.85. The number of rotatable bonds is 6.